The number of anilines is 2. The van der Waals surface area contributed by atoms with Gasteiger partial charge in [-0.25, -0.2) is 0 Å². The Hall–Kier alpha value is -4.07. The van der Waals surface area contributed by atoms with E-state index in [0.29, 0.717) is 22.9 Å². The van der Waals surface area contributed by atoms with Gasteiger partial charge in [-0.1, -0.05) is 18.2 Å². The summed E-state index contributed by atoms with van der Waals surface area (Å²) in [6.45, 7) is -0.0835. The zero-order chi connectivity index (χ0) is 20.6. The van der Waals surface area contributed by atoms with Crippen molar-refractivity contribution in [1.82, 2.24) is 0 Å². The molecule has 3 aromatic rings. The Kier molecular flexibility index (Phi) is 6.26. The molecule has 1 amide bonds. The van der Waals surface area contributed by atoms with E-state index in [1.165, 1.54) is 25.3 Å². The van der Waals surface area contributed by atoms with Gasteiger partial charge in [0.15, 0.2) is 0 Å². The molecule has 0 unspecified atom stereocenters. The molecule has 0 fully saturated rings. The number of para-hydroxylation sites is 1. The number of nitro benzene ring substituents is 1. The van der Waals surface area contributed by atoms with Crippen molar-refractivity contribution in [2.24, 2.45) is 0 Å². The normalized spacial score (nSPS) is 10.1. The Labute approximate surface area is 167 Å². The summed E-state index contributed by atoms with van der Waals surface area (Å²) in [6, 6.07) is 20.5. The lowest BCUT2D eigenvalue weighted by atomic mass is 10.2. The predicted molar refractivity (Wildman–Crippen MR) is 110 cm³/mol. The number of nitrogens with zero attached hydrogens (tertiary/aromatic N) is 1. The van der Waals surface area contributed by atoms with Gasteiger partial charge >= 0.3 is 0 Å². The highest BCUT2D eigenvalue weighted by Gasteiger charge is 2.12. The summed E-state index contributed by atoms with van der Waals surface area (Å²) >= 11 is 0. The maximum absolute atomic E-state index is 12.2. The van der Waals surface area contributed by atoms with Crippen molar-refractivity contribution in [2.75, 3.05) is 24.3 Å². The number of benzene rings is 3. The van der Waals surface area contributed by atoms with E-state index in [0.717, 1.165) is 5.75 Å². The highest BCUT2D eigenvalue weighted by atomic mass is 16.6. The molecular weight excluding hydrogens is 374 g/mol. The van der Waals surface area contributed by atoms with E-state index in [2.05, 4.69) is 10.6 Å². The van der Waals surface area contributed by atoms with Gasteiger partial charge in [-0.15, -0.1) is 0 Å². The molecule has 0 atom stereocenters. The number of amides is 1. The number of ether oxygens (including phenoxy) is 2. The van der Waals surface area contributed by atoms with Gasteiger partial charge in [-0.2, -0.15) is 0 Å². The molecule has 0 aromatic heterocycles. The molecule has 0 aliphatic heterocycles. The molecule has 0 aliphatic carbocycles. The summed E-state index contributed by atoms with van der Waals surface area (Å²) in [5.41, 5.74) is 0.870. The van der Waals surface area contributed by atoms with E-state index in [1.807, 2.05) is 30.3 Å². The first-order chi connectivity index (χ1) is 14.0. The van der Waals surface area contributed by atoms with Crippen LogP contribution in [0.25, 0.3) is 0 Å². The smallest absolute Gasteiger partial charge is 0.271 e. The Morgan fingerprint density at radius 1 is 1.00 bits per heavy atom. The van der Waals surface area contributed by atoms with E-state index in [-0.39, 0.29) is 18.1 Å². The van der Waals surface area contributed by atoms with Gasteiger partial charge in [0.2, 0.25) is 5.91 Å². The molecule has 29 heavy (non-hydrogen) atoms. The summed E-state index contributed by atoms with van der Waals surface area (Å²) in [5.74, 6) is 1.47. The van der Waals surface area contributed by atoms with Crippen LogP contribution in [-0.2, 0) is 4.79 Å². The van der Waals surface area contributed by atoms with Crippen LogP contribution in [0.4, 0.5) is 17.1 Å². The van der Waals surface area contributed by atoms with Crippen LogP contribution in [0.1, 0.15) is 0 Å². The van der Waals surface area contributed by atoms with Gasteiger partial charge in [-0.05, 0) is 42.5 Å². The molecular formula is C21H19N3O5. The van der Waals surface area contributed by atoms with Crippen molar-refractivity contribution >= 4 is 23.0 Å². The van der Waals surface area contributed by atoms with Crippen molar-refractivity contribution in [1.29, 1.82) is 0 Å². The van der Waals surface area contributed by atoms with Crippen molar-refractivity contribution in [3.05, 3.63) is 82.9 Å². The van der Waals surface area contributed by atoms with Crippen LogP contribution < -0.4 is 20.1 Å². The maximum atomic E-state index is 12.2. The van der Waals surface area contributed by atoms with Crippen molar-refractivity contribution in [3.63, 3.8) is 0 Å². The second-order valence-electron chi connectivity index (χ2n) is 5.98. The number of non-ortho nitro benzene ring substituents is 1. The van der Waals surface area contributed by atoms with Gasteiger partial charge < -0.3 is 20.1 Å². The van der Waals surface area contributed by atoms with E-state index >= 15 is 0 Å². The van der Waals surface area contributed by atoms with Crippen LogP contribution in [0, 0.1) is 10.1 Å². The first-order valence-electron chi connectivity index (χ1n) is 8.74. The molecule has 8 heteroatoms. The molecule has 0 saturated heterocycles. The number of rotatable bonds is 8. The minimum Gasteiger partial charge on any atom is -0.495 e. The Morgan fingerprint density at radius 2 is 1.69 bits per heavy atom. The first kappa shape index (κ1) is 19.7. The number of methoxy groups -OCH3 is 1. The molecule has 0 aliphatic rings. The standard InChI is InChI=1S/C21H19N3O5/c1-28-20-12-9-16(24(26)27)13-19(20)22-14-21(25)23-15-7-10-18(11-8-15)29-17-5-3-2-4-6-17/h2-13,22H,14H2,1H3,(H,23,25). The van der Waals surface area contributed by atoms with Crippen molar-refractivity contribution < 1.29 is 19.2 Å². The third-order valence-electron chi connectivity index (χ3n) is 3.95. The zero-order valence-electron chi connectivity index (χ0n) is 15.6. The summed E-state index contributed by atoms with van der Waals surface area (Å²) in [4.78, 5) is 22.6. The van der Waals surface area contributed by atoms with Gasteiger partial charge in [0.05, 0.1) is 24.3 Å². The number of hydrogen-bond donors (Lipinski definition) is 2. The van der Waals surface area contributed by atoms with Crippen LogP contribution in [0.15, 0.2) is 72.8 Å². The molecule has 3 aromatic carbocycles. The van der Waals surface area contributed by atoms with E-state index in [4.69, 9.17) is 9.47 Å². The highest BCUT2D eigenvalue weighted by molar-refractivity contribution is 5.94. The SMILES string of the molecule is COc1ccc([N+](=O)[O-])cc1NCC(=O)Nc1ccc(Oc2ccccc2)cc1. The highest BCUT2D eigenvalue weighted by Crippen LogP contribution is 2.28. The Morgan fingerprint density at radius 3 is 2.34 bits per heavy atom. The lowest BCUT2D eigenvalue weighted by molar-refractivity contribution is -0.384. The van der Waals surface area contributed by atoms with E-state index in [1.54, 1.807) is 24.3 Å². The average Bonchev–Trinajstić information content (AvgIpc) is 2.74. The topological polar surface area (TPSA) is 103 Å². The maximum Gasteiger partial charge on any atom is 0.271 e. The van der Waals surface area contributed by atoms with Crippen LogP contribution >= 0.6 is 0 Å². The first-order valence-corrected chi connectivity index (χ1v) is 8.74. The van der Waals surface area contributed by atoms with Crippen LogP contribution in [0.3, 0.4) is 0 Å². The number of nitrogens with one attached hydrogen (secondary N) is 2. The van der Waals surface area contributed by atoms with Gasteiger partial charge in [0.1, 0.15) is 17.2 Å². The summed E-state index contributed by atoms with van der Waals surface area (Å²) < 4.78 is 10.9. The zero-order valence-corrected chi connectivity index (χ0v) is 15.6. The fourth-order valence-corrected chi connectivity index (χ4v) is 2.56. The molecule has 0 bridgehead atoms. The second kappa shape index (κ2) is 9.23. The molecule has 0 radical (unpaired) electrons. The third-order valence-corrected chi connectivity index (χ3v) is 3.95. The predicted octanol–water partition coefficient (Wildman–Crippen LogP) is 4.45. The van der Waals surface area contributed by atoms with E-state index in [9.17, 15) is 14.9 Å². The summed E-state index contributed by atoms with van der Waals surface area (Å²) in [5, 5.41) is 16.5. The Bertz CT molecular complexity index is 991. The molecule has 0 saturated carbocycles. The lowest BCUT2D eigenvalue weighted by Crippen LogP contribution is -2.22. The third kappa shape index (κ3) is 5.46. The molecule has 0 heterocycles. The molecule has 3 rings (SSSR count). The fraction of sp³-hybridized carbons (Fsp3) is 0.0952. The molecule has 8 nitrogen and oxygen atoms in total. The van der Waals surface area contributed by atoms with Gasteiger partial charge in [-0.3, -0.25) is 14.9 Å². The molecule has 2 N–H and O–H groups in total. The largest absolute Gasteiger partial charge is 0.495 e. The number of hydrogen-bond acceptors (Lipinski definition) is 6. The molecule has 148 valence electrons. The quantitative estimate of drug-likeness (QED) is 0.433. The summed E-state index contributed by atoms with van der Waals surface area (Å²) in [6.07, 6.45) is 0. The molecule has 0 spiro atoms. The van der Waals surface area contributed by atoms with Crippen molar-refractivity contribution in [2.45, 2.75) is 0 Å². The number of carbonyl (C=O) groups is 1. The second-order valence-corrected chi connectivity index (χ2v) is 5.98. The van der Waals surface area contributed by atoms with Crippen LogP contribution in [0.5, 0.6) is 17.2 Å². The van der Waals surface area contributed by atoms with E-state index < -0.39 is 4.92 Å². The average molecular weight is 393 g/mol. The minimum atomic E-state index is -0.510. The number of carbonyl (C=O) groups excluding carboxylic acids is 1. The fourth-order valence-electron chi connectivity index (χ4n) is 2.56. The van der Waals surface area contributed by atoms with Crippen LogP contribution in [0.2, 0.25) is 0 Å². The summed E-state index contributed by atoms with van der Waals surface area (Å²) in [7, 11) is 1.45. The van der Waals surface area contributed by atoms with Gasteiger partial charge in [0, 0.05) is 17.8 Å². The van der Waals surface area contributed by atoms with Crippen LogP contribution in [-0.4, -0.2) is 24.5 Å². The Balaban J connectivity index is 1.57. The number of nitro groups is 1. The monoisotopic (exact) mass is 393 g/mol. The lowest BCUT2D eigenvalue weighted by Gasteiger charge is -2.11. The van der Waals surface area contributed by atoms with Gasteiger partial charge in [0.25, 0.3) is 5.69 Å². The van der Waals surface area contributed by atoms with Crippen molar-refractivity contribution in [3.8, 4) is 17.2 Å². The minimum absolute atomic E-state index is 0.0835.